The third kappa shape index (κ3) is 3.71. The quantitative estimate of drug-likeness (QED) is 0.608. The maximum absolute atomic E-state index is 13.8. The van der Waals surface area contributed by atoms with Gasteiger partial charge in [-0.25, -0.2) is 4.79 Å². The number of methoxy groups -OCH3 is 2. The Morgan fingerprint density at radius 3 is 2.38 bits per heavy atom. The monoisotopic (exact) mass is 506 g/mol. The molecular weight excluding hydrogens is 468 g/mol. The standard InChI is InChI=1S/C29H38N4O4/c1-8-33-28(35)32-17-21-15-22(36-6)16-24(37-7)26(21)18(2)13-25(32)29(33)9-11-31(12-10-29)27(34)23-14-19(3)30(5)20(23)4/h13-16,18H,8-12,17H2,1-7H3. The molecule has 0 saturated carbocycles. The summed E-state index contributed by atoms with van der Waals surface area (Å²) in [6.07, 6.45) is 3.68. The maximum atomic E-state index is 13.8. The average Bonchev–Trinajstić information content (AvgIpc) is 3.19. The second-order valence-electron chi connectivity index (χ2n) is 10.5. The number of likely N-dealkylation sites (N-methyl/N-ethyl adjacent to an activating group) is 1. The van der Waals surface area contributed by atoms with Gasteiger partial charge in [-0.1, -0.05) is 13.0 Å². The van der Waals surface area contributed by atoms with Gasteiger partial charge in [0.15, 0.2) is 0 Å². The van der Waals surface area contributed by atoms with Gasteiger partial charge in [0, 0.05) is 61.3 Å². The van der Waals surface area contributed by atoms with Gasteiger partial charge in [-0.3, -0.25) is 9.69 Å². The van der Waals surface area contributed by atoms with Crippen molar-refractivity contribution in [1.82, 2.24) is 19.3 Å². The lowest BCUT2D eigenvalue weighted by Crippen LogP contribution is -2.54. The Morgan fingerprint density at radius 1 is 1.11 bits per heavy atom. The van der Waals surface area contributed by atoms with Gasteiger partial charge in [0.25, 0.3) is 5.91 Å². The minimum absolute atomic E-state index is 0.0323. The molecule has 8 nitrogen and oxygen atoms in total. The summed E-state index contributed by atoms with van der Waals surface area (Å²) in [6.45, 7) is 10.5. The Hall–Kier alpha value is -3.42. The van der Waals surface area contributed by atoms with E-state index in [0.717, 1.165) is 58.1 Å². The van der Waals surface area contributed by atoms with Gasteiger partial charge in [0.1, 0.15) is 11.5 Å². The van der Waals surface area contributed by atoms with E-state index in [1.807, 2.05) is 60.7 Å². The van der Waals surface area contributed by atoms with E-state index in [4.69, 9.17) is 9.47 Å². The Kier molecular flexibility index (Phi) is 6.24. The number of likely N-dealkylation sites (tertiary alicyclic amines) is 1. The summed E-state index contributed by atoms with van der Waals surface area (Å²) in [5.74, 6) is 1.64. The van der Waals surface area contributed by atoms with Gasteiger partial charge in [-0.2, -0.15) is 0 Å². The molecule has 0 aliphatic carbocycles. The second kappa shape index (κ2) is 9.15. The third-order valence-electron chi connectivity index (χ3n) is 8.79. The normalized spacial score (nSPS) is 20.5. The number of aryl methyl sites for hydroxylation is 1. The van der Waals surface area contributed by atoms with E-state index in [-0.39, 0.29) is 17.9 Å². The van der Waals surface area contributed by atoms with Crippen molar-refractivity contribution in [1.29, 1.82) is 0 Å². The highest BCUT2D eigenvalue weighted by molar-refractivity contribution is 5.96. The summed E-state index contributed by atoms with van der Waals surface area (Å²) >= 11 is 0. The molecule has 1 aromatic heterocycles. The number of nitrogens with zero attached hydrogens (tertiary/aromatic N) is 4. The summed E-state index contributed by atoms with van der Waals surface area (Å²) in [5.41, 5.74) is 5.61. The SMILES string of the molecule is CCN1C(=O)N2Cc3cc(OC)cc(OC)c3C(C)C=C2C12CCN(C(=O)c1cc(C)n(C)c1C)CC2. The second-order valence-corrected chi connectivity index (χ2v) is 10.5. The largest absolute Gasteiger partial charge is 0.497 e. The molecule has 8 heteroatoms. The Morgan fingerprint density at radius 2 is 1.81 bits per heavy atom. The summed E-state index contributed by atoms with van der Waals surface area (Å²) in [4.78, 5) is 33.2. The number of ether oxygens (including phenoxy) is 2. The number of aromatic nitrogens is 1. The van der Waals surface area contributed by atoms with Crippen molar-refractivity contribution in [3.63, 3.8) is 0 Å². The molecule has 3 aliphatic heterocycles. The van der Waals surface area contributed by atoms with E-state index in [9.17, 15) is 9.59 Å². The lowest BCUT2D eigenvalue weighted by Gasteiger charge is -2.44. The van der Waals surface area contributed by atoms with Gasteiger partial charge in [-0.05, 0) is 51.3 Å². The van der Waals surface area contributed by atoms with Crippen molar-refractivity contribution >= 4 is 11.9 Å². The molecule has 0 bridgehead atoms. The minimum Gasteiger partial charge on any atom is -0.497 e. The lowest BCUT2D eigenvalue weighted by molar-refractivity contribution is 0.0575. The van der Waals surface area contributed by atoms with Crippen LogP contribution in [0.2, 0.25) is 0 Å². The van der Waals surface area contributed by atoms with Crippen molar-refractivity contribution < 1.29 is 19.1 Å². The first-order chi connectivity index (χ1) is 17.7. The molecule has 5 rings (SSSR count). The molecule has 1 spiro atoms. The van der Waals surface area contributed by atoms with Crippen molar-refractivity contribution in [3.05, 3.63) is 58.1 Å². The number of allylic oxidation sites excluding steroid dienone is 1. The number of hydrogen-bond acceptors (Lipinski definition) is 4. The predicted octanol–water partition coefficient (Wildman–Crippen LogP) is 4.59. The first-order valence-corrected chi connectivity index (χ1v) is 13.1. The Balaban J connectivity index is 1.48. The molecule has 0 N–H and O–H groups in total. The highest BCUT2D eigenvalue weighted by atomic mass is 16.5. The van der Waals surface area contributed by atoms with Crippen LogP contribution in [0.5, 0.6) is 11.5 Å². The van der Waals surface area contributed by atoms with E-state index in [0.29, 0.717) is 26.2 Å². The molecule has 2 aromatic rings. The van der Waals surface area contributed by atoms with Crippen LogP contribution >= 0.6 is 0 Å². The fourth-order valence-corrected chi connectivity index (χ4v) is 6.59. The number of amides is 3. The Bertz CT molecular complexity index is 1290. The van der Waals surface area contributed by atoms with Gasteiger partial charge in [0.2, 0.25) is 0 Å². The number of fused-ring (bicyclic) bond motifs is 3. The smallest absolute Gasteiger partial charge is 0.325 e. The molecule has 2 fully saturated rings. The highest BCUT2D eigenvalue weighted by Gasteiger charge is 2.55. The number of urea groups is 1. The minimum atomic E-state index is -0.419. The van der Waals surface area contributed by atoms with Crippen molar-refractivity contribution in [2.45, 2.75) is 58.5 Å². The molecule has 3 amide bonds. The number of carbonyl (C=O) groups excluding carboxylic acids is 2. The Labute approximate surface area is 219 Å². The fraction of sp³-hybridized carbons (Fsp3) is 0.517. The molecule has 198 valence electrons. The van der Waals surface area contributed by atoms with Gasteiger partial charge in [0.05, 0.1) is 31.9 Å². The molecule has 3 aliphatic rings. The molecule has 1 aromatic carbocycles. The first-order valence-electron chi connectivity index (χ1n) is 13.1. The molecular formula is C29H38N4O4. The van der Waals surface area contributed by atoms with Crippen molar-refractivity contribution in [3.8, 4) is 11.5 Å². The maximum Gasteiger partial charge on any atom is 0.325 e. The van der Waals surface area contributed by atoms with Crippen LogP contribution in [0.1, 0.15) is 65.5 Å². The number of rotatable bonds is 4. The zero-order valence-electron chi connectivity index (χ0n) is 23.1. The van der Waals surface area contributed by atoms with Crippen molar-refractivity contribution in [2.24, 2.45) is 7.05 Å². The van der Waals surface area contributed by atoms with Crippen LogP contribution < -0.4 is 9.47 Å². The topological polar surface area (TPSA) is 67.2 Å². The van der Waals surface area contributed by atoms with Crippen LogP contribution in [0, 0.1) is 13.8 Å². The van der Waals surface area contributed by atoms with Crippen LogP contribution in [0.15, 0.2) is 30.0 Å². The van der Waals surface area contributed by atoms with E-state index in [2.05, 4.69) is 17.6 Å². The van der Waals surface area contributed by atoms with Gasteiger partial charge < -0.3 is 23.8 Å². The van der Waals surface area contributed by atoms with Gasteiger partial charge >= 0.3 is 6.03 Å². The lowest BCUT2D eigenvalue weighted by atomic mass is 9.82. The van der Waals surface area contributed by atoms with Crippen LogP contribution in [-0.4, -0.2) is 70.6 Å². The molecule has 37 heavy (non-hydrogen) atoms. The fourth-order valence-electron chi connectivity index (χ4n) is 6.59. The summed E-state index contributed by atoms with van der Waals surface area (Å²) < 4.78 is 13.3. The van der Waals surface area contributed by atoms with Crippen LogP contribution in [0.3, 0.4) is 0 Å². The molecule has 4 heterocycles. The van der Waals surface area contributed by atoms with Crippen LogP contribution in [0.4, 0.5) is 4.79 Å². The molecule has 2 saturated heterocycles. The molecule has 1 unspecified atom stereocenters. The van der Waals surface area contributed by atoms with Crippen LogP contribution in [-0.2, 0) is 13.6 Å². The number of carbonyl (C=O) groups is 2. The third-order valence-corrected chi connectivity index (χ3v) is 8.79. The van der Waals surface area contributed by atoms with E-state index < -0.39 is 5.54 Å². The van der Waals surface area contributed by atoms with Crippen LogP contribution in [0.25, 0.3) is 0 Å². The highest BCUT2D eigenvalue weighted by Crippen LogP contribution is 2.49. The number of piperidine rings is 1. The zero-order valence-corrected chi connectivity index (χ0v) is 23.1. The predicted molar refractivity (Wildman–Crippen MR) is 142 cm³/mol. The molecule has 0 radical (unpaired) electrons. The van der Waals surface area contributed by atoms with E-state index in [1.165, 1.54) is 0 Å². The number of benzene rings is 1. The van der Waals surface area contributed by atoms with Gasteiger partial charge in [-0.15, -0.1) is 0 Å². The average molecular weight is 507 g/mol. The zero-order chi connectivity index (χ0) is 26.6. The summed E-state index contributed by atoms with van der Waals surface area (Å²) in [6, 6.07) is 5.95. The number of hydrogen-bond donors (Lipinski definition) is 0. The molecule has 1 atom stereocenters. The van der Waals surface area contributed by atoms with E-state index in [1.54, 1.807) is 14.2 Å². The van der Waals surface area contributed by atoms with Crippen molar-refractivity contribution in [2.75, 3.05) is 33.9 Å². The van der Waals surface area contributed by atoms with E-state index >= 15 is 0 Å². The summed E-state index contributed by atoms with van der Waals surface area (Å²) in [5, 5.41) is 0. The summed E-state index contributed by atoms with van der Waals surface area (Å²) in [7, 11) is 5.31. The first kappa shape index (κ1) is 25.2.